The van der Waals surface area contributed by atoms with Crippen LogP contribution < -0.4 is 5.32 Å². The summed E-state index contributed by atoms with van der Waals surface area (Å²) >= 11 is 0. The summed E-state index contributed by atoms with van der Waals surface area (Å²) in [4.78, 5) is 22.1. The van der Waals surface area contributed by atoms with Crippen molar-refractivity contribution in [1.29, 1.82) is 0 Å². The van der Waals surface area contributed by atoms with Crippen LogP contribution in [0.5, 0.6) is 0 Å². The maximum absolute atomic E-state index is 11.8. The van der Waals surface area contributed by atoms with E-state index in [-0.39, 0.29) is 11.9 Å². The van der Waals surface area contributed by atoms with Crippen molar-refractivity contribution in [3.05, 3.63) is 24.3 Å². The molecule has 2 rings (SSSR count). The predicted molar refractivity (Wildman–Crippen MR) is 64.6 cm³/mol. The number of hydrogen-bond acceptors (Lipinski definition) is 4. The number of likely N-dealkylation sites (tertiary alicyclic amines) is 1. The molecule has 0 radical (unpaired) electrons. The average molecular weight is 234 g/mol. The van der Waals surface area contributed by atoms with Crippen molar-refractivity contribution >= 4 is 5.91 Å². The van der Waals surface area contributed by atoms with Crippen molar-refractivity contribution in [3.8, 4) is 0 Å². The number of hydrogen-bond donors (Lipinski definition) is 1. The summed E-state index contributed by atoms with van der Waals surface area (Å²) in [5, 5.41) is 3.01. The number of nitrogens with zero attached hydrogens (tertiary/aromatic N) is 3. The SMILES string of the molecule is CCN1CCC(NC(=O)c2cnccn2)CC1. The Hall–Kier alpha value is -1.49. The zero-order valence-corrected chi connectivity index (χ0v) is 10.1. The predicted octanol–water partition coefficient (Wildman–Crippen LogP) is 0.691. The summed E-state index contributed by atoms with van der Waals surface area (Å²) < 4.78 is 0. The van der Waals surface area contributed by atoms with Crippen molar-refractivity contribution in [1.82, 2.24) is 20.2 Å². The van der Waals surface area contributed by atoms with Crippen LogP contribution in [0.15, 0.2) is 18.6 Å². The number of nitrogens with one attached hydrogen (secondary N) is 1. The van der Waals surface area contributed by atoms with Crippen LogP contribution in [-0.4, -0.2) is 46.5 Å². The Morgan fingerprint density at radius 3 is 2.82 bits per heavy atom. The summed E-state index contributed by atoms with van der Waals surface area (Å²) in [6.45, 7) is 5.37. The van der Waals surface area contributed by atoms with Crippen LogP contribution in [0.4, 0.5) is 0 Å². The normalized spacial score (nSPS) is 17.9. The van der Waals surface area contributed by atoms with Crippen LogP contribution >= 0.6 is 0 Å². The molecule has 0 saturated carbocycles. The van der Waals surface area contributed by atoms with E-state index in [1.54, 1.807) is 6.20 Å². The number of aromatic nitrogens is 2. The van der Waals surface area contributed by atoms with Crippen LogP contribution in [0, 0.1) is 0 Å². The van der Waals surface area contributed by atoms with Crippen molar-refractivity contribution in [3.63, 3.8) is 0 Å². The first-order valence-corrected chi connectivity index (χ1v) is 6.09. The minimum Gasteiger partial charge on any atom is -0.348 e. The van der Waals surface area contributed by atoms with Gasteiger partial charge in [0.05, 0.1) is 6.20 Å². The third-order valence-corrected chi connectivity index (χ3v) is 3.17. The molecule has 0 aromatic carbocycles. The van der Waals surface area contributed by atoms with Gasteiger partial charge in [-0.05, 0) is 19.4 Å². The molecule has 1 amide bonds. The Morgan fingerprint density at radius 2 is 2.24 bits per heavy atom. The molecule has 92 valence electrons. The van der Waals surface area contributed by atoms with Crippen LogP contribution in [0.25, 0.3) is 0 Å². The Morgan fingerprint density at radius 1 is 1.47 bits per heavy atom. The van der Waals surface area contributed by atoms with Gasteiger partial charge in [0.2, 0.25) is 0 Å². The number of amides is 1. The fourth-order valence-corrected chi connectivity index (χ4v) is 2.07. The van der Waals surface area contributed by atoms with Gasteiger partial charge in [0.15, 0.2) is 0 Å². The average Bonchev–Trinajstić information content (AvgIpc) is 2.40. The highest BCUT2D eigenvalue weighted by Gasteiger charge is 2.20. The molecule has 17 heavy (non-hydrogen) atoms. The van der Waals surface area contributed by atoms with Gasteiger partial charge in [-0.2, -0.15) is 0 Å². The molecule has 0 aliphatic carbocycles. The molecule has 1 aliphatic heterocycles. The Balaban J connectivity index is 1.84. The standard InChI is InChI=1S/C12H18N4O/c1-2-16-7-3-10(4-8-16)15-12(17)11-9-13-5-6-14-11/h5-6,9-10H,2-4,7-8H2,1H3,(H,15,17). The van der Waals surface area contributed by atoms with Crippen LogP contribution in [0.2, 0.25) is 0 Å². The molecular formula is C12H18N4O. The summed E-state index contributed by atoms with van der Waals surface area (Å²) in [5.41, 5.74) is 0.394. The number of rotatable bonds is 3. The van der Waals surface area contributed by atoms with E-state index < -0.39 is 0 Å². The van der Waals surface area contributed by atoms with E-state index in [0.29, 0.717) is 5.69 Å². The maximum atomic E-state index is 11.8. The Bertz CT molecular complexity index is 360. The lowest BCUT2D eigenvalue weighted by molar-refractivity contribution is 0.0907. The second kappa shape index (κ2) is 5.72. The van der Waals surface area contributed by atoms with Gasteiger partial charge < -0.3 is 10.2 Å². The van der Waals surface area contributed by atoms with Crippen molar-refractivity contribution in [2.45, 2.75) is 25.8 Å². The first-order valence-electron chi connectivity index (χ1n) is 6.09. The van der Waals surface area contributed by atoms with E-state index in [0.717, 1.165) is 32.5 Å². The van der Waals surface area contributed by atoms with Gasteiger partial charge >= 0.3 is 0 Å². The molecule has 1 aromatic rings. The van der Waals surface area contributed by atoms with Gasteiger partial charge in [-0.3, -0.25) is 9.78 Å². The third-order valence-electron chi connectivity index (χ3n) is 3.17. The van der Waals surface area contributed by atoms with E-state index in [9.17, 15) is 4.79 Å². The minimum atomic E-state index is -0.118. The van der Waals surface area contributed by atoms with E-state index in [2.05, 4.69) is 27.1 Å². The quantitative estimate of drug-likeness (QED) is 0.836. The zero-order chi connectivity index (χ0) is 12.1. The summed E-state index contributed by atoms with van der Waals surface area (Å²) in [5.74, 6) is -0.118. The van der Waals surface area contributed by atoms with E-state index in [1.807, 2.05) is 0 Å². The molecular weight excluding hydrogens is 216 g/mol. The van der Waals surface area contributed by atoms with Gasteiger partial charge in [-0.15, -0.1) is 0 Å². The molecule has 1 N–H and O–H groups in total. The molecule has 0 atom stereocenters. The first-order chi connectivity index (χ1) is 8.29. The topological polar surface area (TPSA) is 58.1 Å². The van der Waals surface area contributed by atoms with Gasteiger partial charge in [0, 0.05) is 31.5 Å². The maximum Gasteiger partial charge on any atom is 0.271 e. The largest absolute Gasteiger partial charge is 0.348 e. The smallest absolute Gasteiger partial charge is 0.271 e. The monoisotopic (exact) mass is 234 g/mol. The number of carbonyl (C=O) groups excluding carboxylic acids is 1. The minimum absolute atomic E-state index is 0.118. The molecule has 2 heterocycles. The molecule has 1 aromatic heterocycles. The summed E-state index contributed by atoms with van der Waals surface area (Å²) in [6.07, 6.45) is 6.63. The second-order valence-electron chi connectivity index (χ2n) is 4.27. The fraction of sp³-hybridized carbons (Fsp3) is 0.583. The van der Waals surface area contributed by atoms with Gasteiger partial charge in [-0.1, -0.05) is 6.92 Å². The van der Waals surface area contributed by atoms with Crippen LogP contribution in [0.3, 0.4) is 0 Å². The van der Waals surface area contributed by atoms with Gasteiger partial charge in [0.1, 0.15) is 5.69 Å². The molecule has 1 saturated heterocycles. The zero-order valence-electron chi connectivity index (χ0n) is 10.1. The van der Waals surface area contributed by atoms with E-state index >= 15 is 0 Å². The summed E-state index contributed by atoms with van der Waals surface area (Å²) in [7, 11) is 0. The van der Waals surface area contributed by atoms with E-state index in [1.165, 1.54) is 12.4 Å². The van der Waals surface area contributed by atoms with Crippen LogP contribution in [-0.2, 0) is 0 Å². The lowest BCUT2D eigenvalue weighted by atomic mass is 10.1. The van der Waals surface area contributed by atoms with Gasteiger partial charge in [0.25, 0.3) is 5.91 Å². The molecule has 0 unspecified atom stereocenters. The molecule has 5 heteroatoms. The molecule has 0 bridgehead atoms. The Labute approximate surface area is 101 Å². The molecule has 1 fully saturated rings. The first kappa shape index (κ1) is 12.0. The van der Waals surface area contributed by atoms with Crippen molar-refractivity contribution < 1.29 is 4.79 Å². The second-order valence-corrected chi connectivity index (χ2v) is 4.27. The van der Waals surface area contributed by atoms with Crippen molar-refractivity contribution in [2.24, 2.45) is 0 Å². The van der Waals surface area contributed by atoms with Gasteiger partial charge in [-0.25, -0.2) is 4.98 Å². The molecule has 1 aliphatic rings. The third kappa shape index (κ3) is 3.23. The fourth-order valence-electron chi connectivity index (χ4n) is 2.07. The Kier molecular flexibility index (Phi) is 4.03. The number of carbonyl (C=O) groups is 1. The molecule has 0 spiro atoms. The summed E-state index contributed by atoms with van der Waals surface area (Å²) in [6, 6.07) is 0.271. The lowest BCUT2D eigenvalue weighted by Crippen LogP contribution is -2.44. The molecule has 5 nitrogen and oxygen atoms in total. The lowest BCUT2D eigenvalue weighted by Gasteiger charge is -2.31. The number of piperidine rings is 1. The van der Waals surface area contributed by atoms with E-state index in [4.69, 9.17) is 0 Å². The highest BCUT2D eigenvalue weighted by Crippen LogP contribution is 2.10. The highest BCUT2D eigenvalue weighted by molar-refractivity contribution is 5.92. The van der Waals surface area contributed by atoms with Crippen LogP contribution in [0.1, 0.15) is 30.3 Å². The highest BCUT2D eigenvalue weighted by atomic mass is 16.1. The van der Waals surface area contributed by atoms with Crippen molar-refractivity contribution in [2.75, 3.05) is 19.6 Å².